The van der Waals surface area contributed by atoms with Gasteiger partial charge < -0.3 is 10.5 Å². The first-order valence-corrected chi connectivity index (χ1v) is 7.75. The van der Waals surface area contributed by atoms with E-state index in [0.29, 0.717) is 18.7 Å². The van der Waals surface area contributed by atoms with Crippen molar-refractivity contribution in [1.29, 1.82) is 0 Å². The molecule has 2 heterocycles. The summed E-state index contributed by atoms with van der Waals surface area (Å²) in [7, 11) is 0. The monoisotopic (exact) mass is 280 g/mol. The van der Waals surface area contributed by atoms with Gasteiger partial charge in [-0.2, -0.15) is 5.10 Å². The third-order valence-electron chi connectivity index (χ3n) is 4.01. The van der Waals surface area contributed by atoms with Crippen LogP contribution in [0.5, 0.6) is 0 Å². The highest BCUT2D eigenvalue weighted by Gasteiger charge is 2.27. The largest absolute Gasteiger partial charge is 0.377 e. The van der Waals surface area contributed by atoms with Crippen LogP contribution in [-0.4, -0.2) is 47.0 Å². The molecule has 1 saturated heterocycles. The van der Waals surface area contributed by atoms with E-state index in [1.165, 1.54) is 12.0 Å². The molecule has 5 heteroatoms. The van der Waals surface area contributed by atoms with Crippen molar-refractivity contribution in [2.24, 2.45) is 5.73 Å². The zero-order valence-corrected chi connectivity index (χ0v) is 13.0. The topological polar surface area (TPSA) is 56.3 Å². The molecule has 1 aromatic rings. The molecule has 2 N–H and O–H groups in total. The quantitative estimate of drug-likeness (QED) is 0.865. The lowest BCUT2D eigenvalue weighted by Crippen LogP contribution is -2.43. The average Bonchev–Trinajstić information content (AvgIpc) is 2.90. The van der Waals surface area contributed by atoms with Gasteiger partial charge in [0.2, 0.25) is 0 Å². The summed E-state index contributed by atoms with van der Waals surface area (Å²) in [4.78, 5) is 2.45. The van der Waals surface area contributed by atoms with Crippen LogP contribution in [0.4, 0.5) is 0 Å². The van der Waals surface area contributed by atoms with Crippen molar-refractivity contribution in [3.63, 3.8) is 0 Å². The van der Waals surface area contributed by atoms with Crippen molar-refractivity contribution in [3.8, 4) is 0 Å². The van der Waals surface area contributed by atoms with Crippen LogP contribution in [0.2, 0.25) is 0 Å². The summed E-state index contributed by atoms with van der Waals surface area (Å²) in [5.74, 6) is 0. The van der Waals surface area contributed by atoms with Gasteiger partial charge in [0.05, 0.1) is 18.3 Å². The van der Waals surface area contributed by atoms with E-state index in [-0.39, 0.29) is 6.04 Å². The summed E-state index contributed by atoms with van der Waals surface area (Å²) >= 11 is 0. The highest BCUT2D eigenvalue weighted by atomic mass is 16.5. The van der Waals surface area contributed by atoms with E-state index >= 15 is 0 Å². The van der Waals surface area contributed by atoms with E-state index < -0.39 is 0 Å². The summed E-state index contributed by atoms with van der Waals surface area (Å²) in [6, 6.07) is 0.644. The molecule has 1 aromatic heterocycles. The molecular weight excluding hydrogens is 252 g/mol. The number of ether oxygens (including phenoxy) is 1. The molecule has 114 valence electrons. The van der Waals surface area contributed by atoms with Crippen LogP contribution in [-0.2, 0) is 4.74 Å². The van der Waals surface area contributed by atoms with Gasteiger partial charge in [-0.1, -0.05) is 0 Å². The highest BCUT2D eigenvalue weighted by Crippen LogP contribution is 2.25. The van der Waals surface area contributed by atoms with Crippen molar-refractivity contribution in [2.45, 2.75) is 51.8 Å². The number of hydrogen-bond donors (Lipinski definition) is 1. The third-order valence-corrected chi connectivity index (χ3v) is 4.01. The van der Waals surface area contributed by atoms with Crippen molar-refractivity contribution in [2.75, 3.05) is 26.2 Å². The lowest BCUT2D eigenvalue weighted by atomic mass is 10.0. The maximum Gasteiger partial charge on any atom is 0.0702 e. The molecule has 0 aromatic carbocycles. The predicted octanol–water partition coefficient (Wildman–Crippen LogP) is 1.96. The molecule has 1 aliphatic rings. The second-order valence-electron chi connectivity index (χ2n) is 5.81. The Morgan fingerprint density at radius 2 is 2.30 bits per heavy atom. The lowest BCUT2D eigenvalue weighted by molar-refractivity contribution is -0.00661. The van der Waals surface area contributed by atoms with E-state index in [1.54, 1.807) is 0 Å². The number of nitrogens with zero attached hydrogens (tertiary/aromatic N) is 3. The second-order valence-corrected chi connectivity index (χ2v) is 5.81. The predicted molar refractivity (Wildman–Crippen MR) is 80.6 cm³/mol. The Hall–Kier alpha value is -0.910. The second kappa shape index (κ2) is 7.20. The fraction of sp³-hybridized carbons (Fsp3) is 0.800. The van der Waals surface area contributed by atoms with Gasteiger partial charge in [-0.05, 0) is 40.2 Å². The smallest absolute Gasteiger partial charge is 0.0702 e. The van der Waals surface area contributed by atoms with E-state index in [0.717, 1.165) is 26.1 Å². The molecule has 0 saturated carbocycles. The molecule has 1 fully saturated rings. The van der Waals surface area contributed by atoms with Gasteiger partial charge in [0.25, 0.3) is 0 Å². The van der Waals surface area contributed by atoms with Crippen molar-refractivity contribution >= 4 is 0 Å². The van der Waals surface area contributed by atoms with Crippen LogP contribution in [0.1, 0.15) is 51.3 Å². The molecule has 0 radical (unpaired) electrons. The first-order chi connectivity index (χ1) is 9.65. The number of piperidine rings is 1. The van der Waals surface area contributed by atoms with Crippen molar-refractivity contribution in [3.05, 3.63) is 18.0 Å². The third kappa shape index (κ3) is 3.59. The maximum atomic E-state index is 6.02. The molecule has 20 heavy (non-hydrogen) atoms. The van der Waals surface area contributed by atoms with Crippen LogP contribution < -0.4 is 5.73 Å². The minimum atomic E-state index is 0.255. The van der Waals surface area contributed by atoms with Gasteiger partial charge >= 0.3 is 0 Å². The Morgan fingerprint density at radius 3 is 2.90 bits per heavy atom. The van der Waals surface area contributed by atoms with E-state index in [1.807, 2.05) is 10.9 Å². The van der Waals surface area contributed by atoms with E-state index in [4.69, 9.17) is 10.5 Å². The first kappa shape index (κ1) is 15.5. The SMILES string of the molecule is CCOC1CCCN(C(CN)c2cnn(C(C)C)c2)C1. The molecule has 2 atom stereocenters. The summed E-state index contributed by atoms with van der Waals surface area (Å²) in [5, 5.41) is 4.44. The van der Waals surface area contributed by atoms with Gasteiger partial charge in [-0.15, -0.1) is 0 Å². The summed E-state index contributed by atoms with van der Waals surface area (Å²) in [6.07, 6.45) is 6.78. The Kier molecular flexibility index (Phi) is 5.57. The normalized spacial score (nSPS) is 22.4. The number of nitrogens with two attached hydrogens (primary N) is 1. The van der Waals surface area contributed by atoms with Gasteiger partial charge in [0.1, 0.15) is 0 Å². The molecule has 0 bridgehead atoms. The Balaban J connectivity index is 2.06. The van der Waals surface area contributed by atoms with Crippen LogP contribution in [0.15, 0.2) is 12.4 Å². The zero-order valence-electron chi connectivity index (χ0n) is 13.0. The van der Waals surface area contributed by atoms with Gasteiger partial charge in [-0.3, -0.25) is 9.58 Å². The lowest BCUT2D eigenvalue weighted by Gasteiger charge is -2.37. The summed E-state index contributed by atoms with van der Waals surface area (Å²) < 4.78 is 7.79. The van der Waals surface area contributed by atoms with Crippen LogP contribution in [0.25, 0.3) is 0 Å². The average molecular weight is 280 g/mol. The Morgan fingerprint density at radius 1 is 1.50 bits per heavy atom. The Labute approximate surface area is 122 Å². The van der Waals surface area contributed by atoms with Gasteiger partial charge in [-0.25, -0.2) is 0 Å². The van der Waals surface area contributed by atoms with Crippen LogP contribution in [0, 0.1) is 0 Å². The molecular formula is C15H28N4O. The fourth-order valence-corrected chi connectivity index (χ4v) is 2.92. The molecule has 5 nitrogen and oxygen atoms in total. The molecule has 1 aliphatic heterocycles. The van der Waals surface area contributed by atoms with Crippen LogP contribution >= 0.6 is 0 Å². The maximum absolute atomic E-state index is 6.02. The number of rotatable bonds is 6. The fourth-order valence-electron chi connectivity index (χ4n) is 2.92. The number of hydrogen-bond acceptors (Lipinski definition) is 4. The van der Waals surface area contributed by atoms with Gasteiger partial charge in [0.15, 0.2) is 0 Å². The standard InChI is InChI=1S/C15H28N4O/c1-4-20-14-6-5-7-18(11-14)15(8-16)13-9-17-19(10-13)12(2)3/h9-10,12,14-15H,4-8,11,16H2,1-3H3. The summed E-state index contributed by atoms with van der Waals surface area (Å²) in [6.45, 7) is 9.83. The van der Waals surface area contributed by atoms with Crippen molar-refractivity contribution in [1.82, 2.24) is 14.7 Å². The van der Waals surface area contributed by atoms with E-state index in [2.05, 4.69) is 37.0 Å². The van der Waals surface area contributed by atoms with Crippen LogP contribution in [0.3, 0.4) is 0 Å². The first-order valence-electron chi connectivity index (χ1n) is 7.75. The molecule has 0 amide bonds. The Bertz CT molecular complexity index is 402. The minimum absolute atomic E-state index is 0.255. The zero-order chi connectivity index (χ0) is 14.5. The molecule has 2 rings (SSSR count). The van der Waals surface area contributed by atoms with Gasteiger partial charge in [0, 0.05) is 37.5 Å². The minimum Gasteiger partial charge on any atom is -0.377 e. The molecule has 2 unspecified atom stereocenters. The molecule has 0 aliphatic carbocycles. The summed E-state index contributed by atoms with van der Waals surface area (Å²) in [5.41, 5.74) is 7.24. The number of aromatic nitrogens is 2. The molecule has 0 spiro atoms. The van der Waals surface area contributed by atoms with E-state index in [9.17, 15) is 0 Å². The highest BCUT2D eigenvalue weighted by molar-refractivity contribution is 5.12. The van der Waals surface area contributed by atoms with Crippen molar-refractivity contribution < 1.29 is 4.74 Å². The number of likely N-dealkylation sites (tertiary alicyclic amines) is 1.